The zero-order chi connectivity index (χ0) is 30.7. The summed E-state index contributed by atoms with van der Waals surface area (Å²) in [5.41, 5.74) is 4.97. The first-order valence-electron chi connectivity index (χ1n) is 12.8. The monoisotopic (exact) mass is 604 g/mol. The molecule has 0 saturated heterocycles. The van der Waals surface area contributed by atoms with Crippen LogP contribution in [0, 0.1) is 13.8 Å². The van der Waals surface area contributed by atoms with E-state index in [4.69, 9.17) is 27.9 Å². The lowest BCUT2D eigenvalue weighted by Crippen LogP contribution is -2.17. The number of methoxy groups -OCH3 is 1. The highest BCUT2D eigenvalue weighted by atomic mass is 35.5. The van der Waals surface area contributed by atoms with Gasteiger partial charge >= 0.3 is 6.18 Å². The second-order valence-corrected chi connectivity index (χ2v) is 9.34. The van der Waals surface area contributed by atoms with Crippen LogP contribution in [0.15, 0.2) is 77.1 Å². The van der Waals surface area contributed by atoms with Crippen LogP contribution < -0.4 is 10.2 Å². The Morgan fingerprint density at radius 1 is 0.902 bits per heavy atom. The first-order chi connectivity index (χ1) is 19.4. The number of alkyl halides is 3. The number of ether oxygens (including phenoxy) is 1. The number of aryl methyl sites for hydroxylation is 3. The lowest BCUT2D eigenvalue weighted by Gasteiger charge is -2.15. The molecule has 0 saturated carbocycles. The maximum absolute atomic E-state index is 12.0. The smallest absolute Gasteiger partial charge is 0.433 e. The Kier molecular flexibility index (Phi) is 12.6. The van der Waals surface area contributed by atoms with Gasteiger partial charge in [0.15, 0.2) is 5.49 Å². The Labute approximate surface area is 249 Å². The summed E-state index contributed by atoms with van der Waals surface area (Å²) in [6.07, 6.45) is -0.684. The fraction of sp³-hybridized carbons (Fsp3) is 0.258. The summed E-state index contributed by atoms with van der Waals surface area (Å²) in [5, 5.41) is 9.57. The lowest BCUT2D eigenvalue weighted by molar-refractivity contribution is -0.141. The van der Waals surface area contributed by atoms with E-state index in [0.717, 1.165) is 39.4 Å². The van der Waals surface area contributed by atoms with Crippen LogP contribution in [-0.2, 0) is 13.2 Å². The highest BCUT2D eigenvalue weighted by Gasteiger charge is 2.32. The highest BCUT2D eigenvalue weighted by Crippen LogP contribution is 2.37. The molecule has 0 radical (unpaired) electrons. The predicted molar refractivity (Wildman–Crippen MR) is 163 cm³/mol. The first kappa shape index (κ1) is 33.6. The molecule has 2 aromatic carbocycles. The van der Waals surface area contributed by atoms with Crippen LogP contribution in [0.25, 0.3) is 22.3 Å². The molecule has 0 unspecified atom stereocenters. The highest BCUT2D eigenvalue weighted by molar-refractivity contribution is 6.33. The second kappa shape index (κ2) is 15.4. The Balaban J connectivity index is 0.000000352. The molecule has 4 aromatic rings. The van der Waals surface area contributed by atoms with Crippen molar-refractivity contribution in [1.29, 1.82) is 0 Å². The molecule has 2 aromatic heterocycles. The molecule has 5 nitrogen and oxygen atoms in total. The molecule has 0 spiro atoms. The Morgan fingerprint density at radius 3 is 2.10 bits per heavy atom. The van der Waals surface area contributed by atoms with Crippen molar-refractivity contribution in [3.05, 3.63) is 99.3 Å². The van der Waals surface area contributed by atoms with Gasteiger partial charge in [-0.15, -0.1) is 5.10 Å². The summed E-state index contributed by atoms with van der Waals surface area (Å²) in [4.78, 5) is 3.42. The van der Waals surface area contributed by atoms with E-state index in [1.165, 1.54) is 6.07 Å². The molecule has 10 heteroatoms. The average molecular weight is 606 g/mol. The molecule has 218 valence electrons. The Morgan fingerprint density at radius 2 is 1.56 bits per heavy atom. The molecular formula is C31H33Cl2F3N4O. The van der Waals surface area contributed by atoms with E-state index in [9.17, 15) is 13.2 Å². The van der Waals surface area contributed by atoms with E-state index in [1.807, 2.05) is 87.1 Å². The van der Waals surface area contributed by atoms with Gasteiger partial charge in [-0.25, -0.2) is 4.98 Å². The normalized spacial score (nSPS) is 11.5. The molecule has 0 aliphatic heterocycles. The van der Waals surface area contributed by atoms with Crippen LogP contribution in [0.3, 0.4) is 0 Å². The van der Waals surface area contributed by atoms with E-state index in [2.05, 4.69) is 15.2 Å². The van der Waals surface area contributed by atoms with Gasteiger partial charge in [-0.1, -0.05) is 55.2 Å². The molecule has 0 aliphatic rings. The summed E-state index contributed by atoms with van der Waals surface area (Å²) in [7, 11) is 3.55. The van der Waals surface area contributed by atoms with E-state index < -0.39 is 11.9 Å². The van der Waals surface area contributed by atoms with Gasteiger partial charge in [0, 0.05) is 41.3 Å². The molecule has 0 bridgehead atoms. The molecular weight excluding hydrogens is 572 g/mol. The number of rotatable bonds is 4. The molecule has 41 heavy (non-hydrogen) atoms. The molecule has 0 N–H and O–H groups in total. The summed E-state index contributed by atoms with van der Waals surface area (Å²) < 4.78 is 43.3. The maximum atomic E-state index is 12.0. The maximum Gasteiger partial charge on any atom is 0.433 e. The van der Waals surface area contributed by atoms with E-state index in [-0.39, 0.29) is 0 Å². The number of nitrogens with zero attached hydrogens (tertiary/aromatic N) is 4. The van der Waals surface area contributed by atoms with Crippen LogP contribution in [0.4, 0.5) is 13.2 Å². The van der Waals surface area contributed by atoms with E-state index >= 15 is 0 Å². The van der Waals surface area contributed by atoms with Gasteiger partial charge in [-0.05, 0) is 79.9 Å². The van der Waals surface area contributed by atoms with Crippen molar-refractivity contribution in [2.75, 3.05) is 7.11 Å². The molecule has 4 rings (SSSR count). The molecule has 0 fully saturated rings. The number of hydrogen-bond donors (Lipinski definition) is 0. The summed E-state index contributed by atoms with van der Waals surface area (Å²) in [6, 6.07) is 17.7. The van der Waals surface area contributed by atoms with Gasteiger partial charge in [0.1, 0.15) is 11.4 Å². The van der Waals surface area contributed by atoms with Crippen molar-refractivity contribution in [2.45, 2.75) is 40.8 Å². The summed E-state index contributed by atoms with van der Waals surface area (Å²) in [5.74, 6) is 0.713. The third kappa shape index (κ3) is 9.20. The number of hydrogen-bond acceptors (Lipinski definition) is 4. The number of pyridine rings is 2. The minimum absolute atomic E-state index is 0.421. The van der Waals surface area contributed by atoms with Crippen LogP contribution >= 0.6 is 23.2 Å². The van der Waals surface area contributed by atoms with E-state index in [0.29, 0.717) is 21.5 Å². The minimum atomic E-state index is -4.33. The van der Waals surface area contributed by atoms with Crippen LogP contribution in [0.2, 0.25) is 10.0 Å². The van der Waals surface area contributed by atoms with Crippen molar-refractivity contribution < 1.29 is 17.9 Å². The van der Waals surface area contributed by atoms with Crippen molar-refractivity contribution in [2.24, 2.45) is 17.3 Å². The number of halogens is 5. The first-order valence-corrected chi connectivity index (χ1v) is 13.5. The van der Waals surface area contributed by atoms with Gasteiger partial charge in [-0.3, -0.25) is 0 Å². The van der Waals surface area contributed by atoms with Crippen LogP contribution in [0.5, 0.6) is 5.75 Å². The topological polar surface area (TPSA) is 51.8 Å². The van der Waals surface area contributed by atoms with Gasteiger partial charge < -0.3 is 9.30 Å². The standard InChI is InChI=1S/C21H19Cl2N3O.C8H8F3N.C2H6/c1-4-24-25-21-12-18(14-5-7-15(22)8-6-14)19(13-26(21)2)17-10-9-16(27-3)11-20(17)23;1-5-3-4-7(8(9,10)11)12-6(5)2;1-2/h4-13H,1-3H3;3-4H,1-2H3;1-2H3/b24-4+,25-21-;;. The SMILES string of the molecule is C/C=N/N=c1/cc(-c2ccc(Cl)cc2)c(-c2ccc(OC)cc2Cl)cn1C.CC.Cc1ccc(C(F)(F)F)nc1C. The van der Waals surface area contributed by atoms with Crippen molar-refractivity contribution in [3.63, 3.8) is 0 Å². The Hall–Kier alpha value is -3.62. The molecule has 0 aliphatic carbocycles. The molecule has 0 atom stereocenters. The second-order valence-electron chi connectivity index (χ2n) is 8.49. The third-order valence-electron chi connectivity index (χ3n) is 5.79. The third-order valence-corrected chi connectivity index (χ3v) is 6.35. The average Bonchev–Trinajstić information content (AvgIpc) is 2.95. The van der Waals surface area contributed by atoms with Crippen LogP contribution in [0.1, 0.15) is 37.7 Å². The largest absolute Gasteiger partial charge is 0.497 e. The van der Waals surface area contributed by atoms with Crippen molar-refractivity contribution in [3.8, 4) is 28.0 Å². The van der Waals surface area contributed by atoms with Gasteiger partial charge in [-0.2, -0.15) is 18.3 Å². The van der Waals surface area contributed by atoms with Crippen molar-refractivity contribution >= 4 is 29.4 Å². The van der Waals surface area contributed by atoms with E-state index in [1.54, 1.807) is 27.2 Å². The fourth-order valence-corrected chi connectivity index (χ4v) is 3.97. The Bertz CT molecular complexity index is 1550. The van der Waals surface area contributed by atoms with Gasteiger partial charge in [0.2, 0.25) is 0 Å². The zero-order valence-electron chi connectivity index (χ0n) is 24.0. The quantitative estimate of drug-likeness (QED) is 0.172. The number of benzene rings is 2. The summed E-state index contributed by atoms with van der Waals surface area (Å²) in [6.45, 7) is 9.11. The minimum Gasteiger partial charge on any atom is -0.497 e. The molecule has 0 amide bonds. The lowest BCUT2D eigenvalue weighted by atomic mass is 9.96. The molecule has 2 heterocycles. The van der Waals surface area contributed by atoms with Crippen LogP contribution in [-0.4, -0.2) is 22.9 Å². The number of aromatic nitrogens is 2. The summed E-state index contributed by atoms with van der Waals surface area (Å²) >= 11 is 12.6. The van der Waals surface area contributed by atoms with Gasteiger partial charge in [0.25, 0.3) is 0 Å². The zero-order valence-corrected chi connectivity index (χ0v) is 25.5. The fourth-order valence-electron chi connectivity index (χ4n) is 3.57. The van der Waals surface area contributed by atoms with Gasteiger partial charge in [0.05, 0.1) is 12.1 Å². The predicted octanol–water partition coefficient (Wildman–Crippen LogP) is 9.32. The van der Waals surface area contributed by atoms with Crippen molar-refractivity contribution in [1.82, 2.24) is 9.55 Å².